The Kier molecular flexibility index (Phi) is 7.03. The normalized spacial score (nSPS) is 11.4. The van der Waals surface area contributed by atoms with Crippen LogP contribution in [0.2, 0.25) is 0 Å². The smallest absolute Gasteiger partial charge is 0.872 e. The van der Waals surface area contributed by atoms with Gasteiger partial charge in [-0.05, 0) is 17.2 Å². The molecule has 0 aromatic heterocycles. The topological polar surface area (TPSA) is 60.4 Å². The van der Waals surface area contributed by atoms with E-state index in [0.717, 1.165) is 0 Å². The molecule has 0 spiro atoms. The van der Waals surface area contributed by atoms with E-state index in [0.29, 0.717) is 5.57 Å². The summed E-state index contributed by atoms with van der Waals surface area (Å²) in [7, 11) is 0. The molecule has 2 aromatic carbocycles. The van der Waals surface area contributed by atoms with Gasteiger partial charge in [0.2, 0.25) is 0 Å². The molecule has 3 rings (SSSR count). The second-order valence-corrected chi connectivity index (χ2v) is 4.32. The molecule has 0 amide bonds. The third-order valence-corrected chi connectivity index (χ3v) is 2.88. The first-order chi connectivity index (χ1) is 10.2. The summed E-state index contributed by atoms with van der Waals surface area (Å²) in [5.41, 5.74) is 0.767. The maximum atomic E-state index is 12.0. The van der Waals surface area contributed by atoms with Gasteiger partial charge in [-0.3, -0.25) is 0 Å². The van der Waals surface area contributed by atoms with E-state index in [9.17, 15) is 9.90 Å². The fourth-order valence-corrected chi connectivity index (χ4v) is 1.87. The molecule has 0 heterocycles. The molecule has 2 aromatic rings. The Hall–Kier alpha value is -2.42. The van der Waals surface area contributed by atoms with Gasteiger partial charge >= 0.3 is 23.0 Å². The quantitative estimate of drug-likeness (QED) is 0.522. The van der Waals surface area contributed by atoms with E-state index in [1.54, 1.807) is 36.4 Å². The molecule has 0 bridgehead atoms. The molecule has 1 aliphatic rings. The van der Waals surface area contributed by atoms with Crippen LogP contribution in [0.1, 0.15) is 15.9 Å². The first-order valence-electron chi connectivity index (χ1n) is 6.45. The predicted molar refractivity (Wildman–Crippen MR) is 80.6 cm³/mol. The summed E-state index contributed by atoms with van der Waals surface area (Å²) in [4.78, 5) is 10.9. The number of benzene rings is 1. The summed E-state index contributed by atoms with van der Waals surface area (Å²) in [5, 5.41) is 20.9. The molecule has 112 valence electrons. The first kappa shape index (κ1) is 17.6. The number of rotatable bonds is 2. The van der Waals surface area contributed by atoms with Crippen LogP contribution in [0.4, 0.5) is 0 Å². The van der Waals surface area contributed by atoms with Crippen LogP contribution >= 0.6 is 0 Å². The summed E-state index contributed by atoms with van der Waals surface area (Å²) in [5.74, 6) is -1.35. The molecule has 4 heteroatoms. The van der Waals surface area contributed by atoms with Crippen LogP contribution < -0.4 is 5.11 Å². The minimum Gasteiger partial charge on any atom is -0.872 e. The van der Waals surface area contributed by atoms with Gasteiger partial charge in [0.1, 0.15) is 0 Å². The first-order valence-corrected chi connectivity index (χ1v) is 6.45. The summed E-state index contributed by atoms with van der Waals surface area (Å²) in [6, 6.07) is 16.2. The van der Waals surface area contributed by atoms with Gasteiger partial charge < -0.3 is 10.2 Å². The second kappa shape index (κ2) is 8.78. The van der Waals surface area contributed by atoms with E-state index in [1.165, 1.54) is 12.1 Å². The van der Waals surface area contributed by atoms with E-state index in [1.807, 2.05) is 30.3 Å². The Balaban J connectivity index is 0.000000344. The van der Waals surface area contributed by atoms with Crippen LogP contribution in [0.3, 0.4) is 0 Å². The molecular weight excluding hydrogens is 320 g/mol. The van der Waals surface area contributed by atoms with Gasteiger partial charge in [-0.15, -0.1) is 0 Å². The molecule has 0 atom stereocenters. The number of hydrogen-bond donors (Lipinski definition) is 1. The van der Waals surface area contributed by atoms with E-state index >= 15 is 0 Å². The van der Waals surface area contributed by atoms with E-state index < -0.39 is 5.97 Å². The summed E-state index contributed by atoms with van der Waals surface area (Å²) >= 11 is 0. The van der Waals surface area contributed by atoms with E-state index in [4.69, 9.17) is 5.11 Å². The van der Waals surface area contributed by atoms with E-state index in [-0.39, 0.29) is 34.0 Å². The van der Waals surface area contributed by atoms with Crippen LogP contribution in [-0.2, 0) is 17.1 Å². The van der Waals surface area contributed by atoms with Crippen LogP contribution in [-0.4, -0.2) is 11.1 Å². The third-order valence-electron chi connectivity index (χ3n) is 2.88. The number of carbonyl (C=O) groups is 1. The Bertz CT molecular complexity index is 664. The minimum atomic E-state index is -1.09. The van der Waals surface area contributed by atoms with Crippen molar-refractivity contribution in [2.75, 3.05) is 0 Å². The Labute approximate surface area is 139 Å². The molecule has 0 radical (unpaired) electrons. The van der Waals surface area contributed by atoms with Crippen molar-refractivity contribution in [3.8, 4) is 0 Å². The van der Waals surface area contributed by atoms with Gasteiger partial charge in [0.25, 0.3) is 0 Å². The number of carboxylic acids is 1. The van der Waals surface area contributed by atoms with E-state index in [2.05, 4.69) is 0 Å². The van der Waals surface area contributed by atoms with Crippen LogP contribution in [0, 0.1) is 0 Å². The van der Waals surface area contributed by atoms with Crippen molar-refractivity contribution in [1.29, 1.82) is 0 Å². The largest absolute Gasteiger partial charge is 2.00 e. The molecule has 1 N–H and O–H groups in total. The number of hydrogen-bond acceptors (Lipinski definition) is 2. The van der Waals surface area contributed by atoms with Crippen molar-refractivity contribution in [2.45, 2.75) is 0 Å². The summed E-state index contributed by atoms with van der Waals surface area (Å²) < 4.78 is 0. The molecular formula is C18H14FeO3. The van der Waals surface area contributed by atoms with Crippen molar-refractivity contribution < 1.29 is 32.1 Å². The van der Waals surface area contributed by atoms with Gasteiger partial charge in [-0.25, -0.2) is 16.9 Å². The third kappa shape index (κ3) is 4.55. The van der Waals surface area contributed by atoms with Crippen LogP contribution in [0.25, 0.3) is 5.76 Å². The van der Waals surface area contributed by atoms with Crippen molar-refractivity contribution in [3.05, 3.63) is 95.6 Å². The van der Waals surface area contributed by atoms with Gasteiger partial charge in [0.15, 0.2) is 0 Å². The van der Waals surface area contributed by atoms with Gasteiger partial charge in [0, 0.05) is 0 Å². The standard InChI is InChI=1S/C13H10O3.C5H5.Fe/c14-12(9-5-1-2-6-9)10-7-3-4-8-11(10)13(15)16;1-2-4-5-3-1;/h1-8,14H,(H,15,16);1-5H;/q;-1;+2/p-1. The molecule has 0 fully saturated rings. The fraction of sp³-hybridized carbons (Fsp3) is 0. The zero-order valence-electron chi connectivity index (χ0n) is 11.6. The Morgan fingerprint density at radius 1 is 0.955 bits per heavy atom. The zero-order valence-corrected chi connectivity index (χ0v) is 12.7. The van der Waals surface area contributed by atoms with Gasteiger partial charge in [-0.1, -0.05) is 48.3 Å². The SMILES string of the molecule is O=C(O)c1ccccc1C([O-])=C1C=CC=C1.[Fe+2].c1cc[cH-]c1. The minimum absolute atomic E-state index is 0. The number of aromatic carboxylic acids is 1. The van der Waals surface area contributed by atoms with Crippen LogP contribution in [0.5, 0.6) is 0 Å². The van der Waals surface area contributed by atoms with Crippen molar-refractivity contribution in [3.63, 3.8) is 0 Å². The van der Waals surface area contributed by atoms with Crippen molar-refractivity contribution >= 4 is 11.7 Å². The molecule has 0 unspecified atom stereocenters. The zero-order chi connectivity index (χ0) is 15.1. The fourth-order valence-electron chi connectivity index (χ4n) is 1.87. The molecule has 0 aliphatic heterocycles. The average Bonchev–Trinajstić information content (AvgIpc) is 3.21. The second-order valence-electron chi connectivity index (χ2n) is 4.32. The molecule has 1 aliphatic carbocycles. The maximum Gasteiger partial charge on any atom is 2.00 e. The van der Waals surface area contributed by atoms with Crippen molar-refractivity contribution in [1.82, 2.24) is 0 Å². The Morgan fingerprint density at radius 2 is 1.50 bits per heavy atom. The van der Waals surface area contributed by atoms with Crippen LogP contribution in [0.15, 0.2) is 84.5 Å². The monoisotopic (exact) mass is 334 g/mol. The molecule has 0 saturated heterocycles. The Morgan fingerprint density at radius 3 is 1.95 bits per heavy atom. The summed E-state index contributed by atoms with van der Waals surface area (Å²) in [6.45, 7) is 0. The number of allylic oxidation sites excluding steroid dienone is 5. The molecule has 3 nitrogen and oxygen atoms in total. The predicted octanol–water partition coefficient (Wildman–Crippen LogP) is 2.99. The molecule has 22 heavy (non-hydrogen) atoms. The van der Waals surface area contributed by atoms with Gasteiger partial charge in [0.05, 0.1) is 5.56 Å². The molecule has 0 saturated carbocycles. The summed E-state index contributed by atoms with van der Waals surface area (Å²) in [6.07, 6.45) is 6.83. The van der Waals surface area contributed by atoms with Gasteiger partial charge in [-0.2, -0.15) is 18.2 Å². The number of carboxylic acid groups (broad SMARTS) is 1. The van der Waals surface area contributed by atoms with Crippen molar-refractivity contribution in [2.24, 2.45) is 0 Å². The average molecular weight is 334 g/mol. The maximum absolute atomic E-state index is 12.0.